The number of hydrogen-bond acceptors (Lipinski definition) is 3. The lowest BCUT2D eigenvalue weighted by Crippen LogP contribution is -2.17. The van der Waals surface area contributed by atoms with Crippen LogP contribution in [0, 0.1) is 6.85 Å². The van der Waals surface area contributed by atoms with Gasteiger partial charge in [0.1, 0.15) is 11.6 Å². The number of hydrogen-bond donors (Lipinski definition) is 1. The molecule has 0 unspecified atom stereocenters. The smallest absolute Gasteiger partial charge is 0.149 e. The van der Waals surface area contributed by atoms with Crippen LogP contribution in [-0.2, 0) is 21.7 Å². The first-order chi connectivity index (χ1) is 33.8. The number of pyridine rings is 1. The topological polar surface area (TPSA) is 50.9 Å². The molecule has 0 saturated carbocycles. The van der Waals surface area contributed by atoms with Gasteiger partial charge in [0.05, 0.1) is 28.0 Å². The Morgan fingerprint density at radius 3 is 1.74 bits per heavy atom. The molecule has 69 heavy (non-hydrogen) atoms. The molecule has 0 saturated heterocycles. The van der Waals surface area contributed by atoms with Crippen molar-refractivity contribution in [3.63, 3.8) is 0 Å². The van der Waals surface area contributed by atoms with Gasteiger partial charge in [-0.25, -0.2) is 4.98 Å². The van der Waals surface area contributed by atoms with Gasteiger partial charge in [-0.1, -0.05) is 192 Å². The molecule has 348 valence electrons. The maximum atomic E-state index is 12.6. The van der Waals surface area contributed by atoms with E-state index in [1.807, 2.05) is 36.5 Å². The van der Waals surface area contributed by atoms with Crippen molar-refractivity contribution in [2.24, 2.45) is 0 Å². The highest BCUT2D eigenvalue weighted by atomic mass is 16.3. The number of aromatic nitrogens is 3. The zero-order chi connectivity index (χ0) is 51.7. The largest absolute Gasteiger partial charge is 0.507 e. The number of phenols is 1. The fourth-order valence-corrected chi connectivity index (χ4v) is 9.32. The Balaban J connectivity index is 1.27. The zero-order valence-electron chi connectivity index (χ0n) is 45.4. The van der Waals surface area contributed by atoms with E-state index in [9.17, 15) is 5.11 Å². The van der Waals surface area contributed by atoms with Crippen LogP contribution in [0.5, 0.6) is 5.75 Å². The number of rotatable bonds is 7. The molecule has 0 aliphatic heterocycles. The van der Waals surface area contributed by atoms with Crippen LogP contribution >= 0.6 is 0 Å². The Labute approximate surface area is 415 Å². The molecule has 4 nitrogen and oxygen atoms in total. The number of fused-ring (bicyclic) bond motifs is 1. The number of nitrogens with zero attached hydrogens (tertiary/aromatic N) is 3. The molecule has 4 heteroatoms. The number of imidazole rings is 1. The summed E-state index contributed by atoms with van der Waals surface area (Å²) in [6.07, 6.45) is 1.86. The first kappa shape index (κ1) is 43.3. The van der Waals surface area contributed by atoms with E-state index < -0.39 is 6.85 Å². The van der Waals surface area contributed by atoms with Gasteiger partial charge in [0.15, 0.2) is 0 Å². The van der Waals surface area contributed by atoms with Crippen LogP contribution in [0.25, 0.3) is 83.9 Å². The molecule has 0 aliphatic rings. The minimum Gasteiger partial charge on any atom is -0.507 e. The lowest BCUT2D eigenvalue weighted by atomic mass is 9.79. The molecule has 2 aromatic heterocycles. The first-order valence-corrected chi connectivity index (χ1v) is 24.2. The molecule has 1 N–H and O–H groups in total. The summed E-state index contributed by atoms with van der Waals surface area (Å²) in [4.78, 5) is 10.7. The van der Waals surface area contributed by atoms with Gasteiger partial charge in [-0.3, -0.25) is 9.55 Å². The fraction of sp³-hybridized carbons (Fsp3) is 0.262. The lowest BCUT2D eigenvalue weighted by molar-refractivity contribution is 0.446. The second-order valence-electron chi connectivity index (χ2n) is 22.8. The number of phenolic OH excluding ortho intramolecular Hbond substituents is 1. The van der Waals surface area contributed by atoms with E-state index in [4.69, 9.17) is 14.1 Å². The zero-order valence-corrected chi connectivity index (χ0v) is 42.4. The second-order valence-corrected chi connectivity index (χ2v) is 22.8. The summed E-state index contributed by atoms with van der Waals surface area (Å²) in [5.41, 5.74) is 16.8. The van der Waals surface area contributed by atoms with Crippen molar-refractivity contribution >= 4 is 11.0 Å². The summed E-state index contributed by atoms with van der Waals surface area (Å²) in [7, 11) is 0. The van der Waals surface area contributed by atoms with E-state index in [1.165, 1.54) is 5.56 Å². The van der Waals surface area contributed by atoms with E-state index in [2.05, 4.69) is 203 Å². The van der Waals surface area contributed by atoms with Gasteiger partial charge in [-0.2, -0.15) is 0 Å². The third-order valence-electron chi connectivity index (χ3n) is 13.5. The molecule has 9 rings (SSSR count). The van der Waals surface area contributed by atoms with Crippen LogP contribution in [0.3, 0.4) is 0 Å². The summed E-state index contributed by atoms with van der Waals surface area (Å²) >= 11 is 0. The van der Waals surface area contributed by atoms with Crippen LogP contribution in [-0.4, -0.2) is 19.6 Å². The summed E-state index contributed by atoms with van der Waals surface area (Å²) in [5.74, 6) is 0.904. The van der Waals surface area contributed by atoms with E-state index in [1.54, 1.807) is 12.1 Å². The molecule has 0 amide bonds. The Morgan fingerprint density at radius 2 is 1.06 bits per heavy atom. The van der Waals surface area contributed by atoms with Gasteiger partial charge in [0.2, 0.25) is 0 Å². The van der Waals surface area contributed by atoms with Crippen LogP contribution in [0.1, 0.15) is 115 Å². The minimum atomic E-state index is -2.22. The van der Waals surface area contributed by atoms with E-state index in [0.29, 0.717) is 22.5 Å². The Kier molecular flexibility index (Phi) is 11.0. The molecule has 0 atom stereocenters. The summed E-state index contributed by atoms with van der Waals surface area (Å²) in [5, 5.41) is 12.6. The molecular weight excluding hydrogens is 839 g/mol. The van der Waals surface area contributed by atoms with Gasteiger partial charge in [0, 0.05) is 32.6 Å². The summed E-state index contributed by atoms with van der Waals surface area (Å²) < 4.78 is 26.6. The number of aromatic hydroxyl groups is 1. The number of aryl methyl sites for hydroxylation is 1. The normalized spacial score (nSPS) is 13.3. The van der Waals surface area contributed by atoms with Crippen molar-refractivity contribution in [2.75, 3.05) is 0 Å². The third-order valence-corrected chi connectivity index (χ3v) is 13.5. The molecule has 0 fully saturated rings. The first-order valence-electron chi connectivity index (χ1n) is 25.7. The second kappa shape index (κ2) is 17.5. The van der Waals surface area contributed by atoms with Crippen molar-refractivity contribution in [2.45, 2.75) is 112 Å². The van der Waals surface area contributed by atoms with Crippen molar-refractivity contribution in [3.8, 4) is 78.6 Å². The number of benzene rings is 7. The molecule has 7 aromatic carbocycles. The standard InChI is InChI=1S/C65H67N3O/c1-41-20-17-18-23-51(41)44-28-26-42(27-29-44)45-32-33-66-56(37-45)47-34-46(35-49(36-47)63(5,6)7)52-24-19-25-58-59(52)67-61(54-39-50(64(8,9)10)40-55(60(54)69)65(11,12)13)68(58)57-31-30-48(62(2,3)4)38-53(57)43-21-15-14-16-22-43/h14-40,69H,1-13H3/i1D3. The molecular formula is C65H67N3O. The Hall–Kier alpha value is -7.04. The van der Waals surface area contributed by atoms with E-state index in [-0.39, 0.29) is 27.4 Å². The number of para-hydroxylation sites is 1. The van der Waals surface area contributed by atoms with E-state index >= 15 is 0 Å². The highest BCUT2D eigenvalue weighted by molar-refractivity contribution is 5.98. The van der Waals surface area contributed by atoms with E-state index in [0.717, 1.165) is 83.6 Å². The fourth-order valence-electron chi connectivity index (χ4n) is 9.32. The van der Waals surface area contributed by atoms with Crippen LogP contribution in [0.4, 0.5) is 0 Å². The van der Waals surface area contributed by atoms with Crippen LogP contribution < -0.4 is 0 Å². The maximum absolute atomic E-state index is 12.6. The van der Waals surface area contributed by atoms with Gasteiger partial charge >= 0.3 is 0 Å². The highest BCUT2D eigenvalue weighted by Gasteiger charge is 2.30. The molecule has 9 aromatic rings. The molecule has 0 bridgehead atoms. The third kappa shape index (κ3) is 9.30. The summed E-state index contributed by atoms with van der Waals surface area (Å²) in [6, 6.07) is 54.4. The molecule has 2 heterocycles. The highest BCUT2D eigenvalue weighted by Crippen LogP contribution is 2.46. The van der Waals surface area contributed by atoms with Crippen LogP contribution in [0.15, 0.2) is 164 Å². The van der Waals surface area contributed by atoms with Gasteiger partial charge in [-0.05, 0) is 133 Å². The summed E-state index contributed by atoms with van der Waals surface area (Å²) in [6.45, 7) is 24.4. The quantitative estimate of drug-likeness (QED) is 0.173. The SMILES string of the molecule is [2H]C([2H])([2H])c1ccccc1-c1ccc(-c2ccnc(-c3cc(-c4cccc5c4nc(-c4cc(C(C)(C)C)cc(C(C)(C)C)c4O)n5-c4ccc(C(C)(C)C)cc4-c4ccccc4)cc(C(C)(C)C)c3)c2)cc1. The van der Waals surface area contributed by atoms with Gasteiger partial charge < -0.3 is 5.11 Å². The van der Waals surface area contributed by atoms with Gasteiger partial charge in [-0.15, -0.1) is 0 Å². The average molecular weight is 909 g/mol. The lowest BCUT2D eigenvalue weighted by Gasteiger charge is -2.28. The minimum absolute atomic E-state index is 0.0968. The van der Waals surface area contributed by atoms with Crippen molar-refractivity contribution in [1.82, 2.24) is 14.5 Å². The van der Waals surface area contributed by atoms with Crippen LogP contribution in [0.2, 0.25) is 0 Å². The molecule has 0 radical (unpaired) electrons. The Morgan fingerprint density at radius 1 is 0.449 bits per heavy atom. The predicted octanol–water partition coefficient (Wildman–Crippen LogP) is 17.6. The van der Waals surface area contributed by atoms with Gasteiger partial charge in [0.25, 0.3) is 0 Å². The Bertz CT molecular complexity index is 3480. The predicted molar refractivity (Wildman–Crippen MR) is 293 cm³/mol. The van der Waals surface area contributed by atoms with Crippen molar-refractivity contribution in [1.29, 1.82) is 0 Å². The average Bonchev–Trinajstić information content (AvgIpc) is 3.72. The maximum Gasteiger partial charge on any atom is 0.149 e. The molecule has 0 aliphatic carbocycles. The van der Waals surface area contributed by atoms with Crippen molar-refractivity contribution < 1.29 is 9.22 Å². The van der Waals surface area contributed by atoms with Crippen molar-refractivity contribution in [3.05, 3.63) is 192 Å². The monoisotopic (exact) mass is 909 g/mol. The molecule has 0 spiro atoms.